The van der Waals surface area contributed by atoms with Crippen molar-refractivity contribution in [2.24, 2.45) is 10.9 Å². The summed E-state index contributed by atoms with van der Waals surface area (Å²) in [6.07, 6.45) is 0. The second-order valence-electron chi connectivity index (χ2n) is 4.73. The lowest BCUT2D eigenvalue weighted by Crippen LogP contribution is -2.22. The molecule has 0 radical (unpaired) electrons. The zero-order valence-corrected chi connectivity index (χ0v) is 13.6. The summed E-state index contributed by atoms with van der Waals surface area (Å²) in [5.74, 6) is 0.100. The number of amidine groups is 1. The van der Waals surface area contributed by atoms with Crippen LogP contribution in [0.5, 0.6) is 0 Å². The normalized spacial score (nSPS) is 11.5. The van der Waals surface area contributed by atoms with Gasteiger partial charge in [0.25, 0.3) is 0 Å². The van der Waals surface area contributed by atoms with Gasteiger partial charge in [-0.2, -0.15) is 0 Å². The minimum absolute atomic E-state index is 0.100. The highest BCUT2D eigenvalue weighted by Gasteiger charge is 2.15. The first-order valence-corrected chi connectivity index (χ1v) is 7.47. The van der Waals surface area contributed by atoms with Crippen molar-refractivity contribution in [2.75, 3.05) is 11.4 Å². The zero-order chi connectivity index (χ0) is 15.4. The first-order valence-electron chi connectivity index (χ1n) is 6.68. The fourth-order valence-electron chi connectivity index (χ4n) is 2.22. The van der Waals surface area contributed by atoms with E-state index >= 15 is 0 Å². The highest BCUT2D eigenvalue weighted by molar-refractivity contribution is 9.10. The molecule has 0 saturated heterocycles. The summed E-state index contributed by atoms with van der Waals surface area (Å²) in [4.78, 5) is 2.12. The van der Waals surface area contributed by atoms with Crippen molar-refractivity contribution in [3.05, 3.63) is 58.1 Å². The molecular formula is C16H18BrN3O. The maximum Gasteiger partial charge on any atom is 0.172 e. The Labute approximate surface area is 133 Å². The molecule has 0 saturated carbocycles. The quantitative estimate of drug-likeness (QED) is 0.380. The maximum atomic E-state index is 8.98. The van der Waals surface area contributed by atoms with Crippen LogP contribution in [0.3, 0.4) is 0 Å². The molecule has 0 spiro atoms. The van der Waals surface area contributed by atoms with Gasteiger partial charge in [-0.1, -0.05) is 38.8 Å². The Hall–Kier alpha value is -2.01. The van der Waals surface area contributed by atoms with Gasteiger partial charge in [0.2, 0.25) is 0 Å². The smallest absolute Gasteiger partial charge is 0.172 e. The zero-order valence-electron chi connectivity index (χ0n) is 12.0. The lowest BCUT2D eigenvalue weighted by molar-refractivity contribution is 0.318. The largest absolute Gasteiger partial charge is 0.409 e. The van der Waals surface area contributed by atoms with E-state index < -0.39 is 0 Å². The molecular weight excluding hydrogens is 330 g/mol. The first-order chi connectivity index (χ1) is 10.1. The molecule has 0 unspecified atom stereocenters. The third kappa shape index (κ3) is 3.36. The monoisotopic (exact) mass is 347 g/mol. The van der Waals surface area contributed by atoms with E-state index in [4.69, 9.17) is 10.9 Å². The van der Waals surface area contributed by atoms with Gasteiger partial charge in [0.15, 0.2) is 5.84 Å². The van der Waals surface area contributed by atoms with E-state index in [0.29, 0.717) is 5.56 Å². The molecule has 0 heterocycles. The number of benzene rings is 2. The number of nitrogens with zero attached hydrogens (tertiary/aromatic N) is 2. The number of oxime groups is 1. The topological polar surface area (TPSA) is 61.8 Å². The Kier molecular flexibility index (Phi) is 4.85. The average molecular weight is 348 g/mol. The Morgan fingerprint density at radius 1 is 1.24 bits per heavy atom. The molecule has 0 aliphatic carbocycles. The Morgan fingerprint density at radius 3 is 2.48 bits per heavy atom. The van der Waals surface area contributed by atoms with E-state index in [1.807, 2.05) is 18.2 Å². The van der Waals surface area contributed by atoms with Crippen LogP contribution >= 0.6 is 15.9 Å². The van der Waals surface area contributed by atoms with Gasteiger partial charge in [0, 0.05) is 22.3 Å². The van der Waals surface area contributed by atoms with Gasteiger partial charge < -0.3 is 15.8 Å². The minimum Gasteiger partial charge on any atom is -0.409 e. The molecule has 110 valence electrons. The van der Waals surface area contributed by atoms with Crippen LogP contribution in [-0.4, -0.2) is 17.6 Å². The van der Waals surface area contributed by atoms with Crippen molar-refractivity contribution in [1.29, 1.82) is 0 Å². The summed E-state index contributed by atoms with van der Waals surface area (Å²) in [6, 6.07) is 14.0. The third-order valence-corrected chi connectivity index (χ3v) is 3.79. The van der Waals surface area contributed by atoms with Gasteiger partial charge in [0.1, 0.15) is 0 Å². The molecule has 0 aliphatic heterocycles. The molecule has 4 nitrogen and oxygen atoms in total. The maximum absolute atomic E-state index is 8.98. The predicted octanol–water partition coefficient (Wildman–Crippen LogP) is 4.01. The summed E-state index contributed by atoms with van der Waals surface area (Å²) in [6.45, 7) is 4.89. The van der Waals surface area contributed by atoms with Crippen molar-refractivity contribution in [3.8, 4) is 0 Å². The van der Waals surface area contributed by atoms with Crippen LogP contribution in [0.4, 0.5) is 11.4 Å². The standard InChI is InChI=1S/C16H18BrN3O/c1-3-20(13-7-4-11(2)5-8-13)15-10-12(17)6-9-14(15)16(18)19-21/h4-10,21H,3H2,1-2H3,(H2,18,19). The Morgan fingerprint density at radius 2 is 1.90 bits per heavy atom. The molecule has 0 aromatic heterocycles. The SMILES string of the molecule is CCN(c1ccc(C)cc1)c1cc(Br)ccc1/C(N)=N/O. The molecule has 3 N–H and O–H groups in total. The van der Waals surface area contributed by atoms with Crippen LogP contribution in [0.15, 0.2) is 52.1 Å². The van der Waals surface area contributed by atoms with Crippen LogP contribution in [0.2, 0.25) is 0 Å². The molecule has 5 heteroatoms. The van der Waals surface area contributed by atoms with E-state index in [0.717, 1.165) is 22.4 Å². The molecule has 2 aromatic carbocycles. The number of hydrogen-bond acceptors (Lipinski definition) is 3. The average Bonchev–Trinajstić information content (AvgIpc) is 2.49. The van der Waals surface area contributed by atoms with Crippen LogP contribution in [0.1, 0.15) is 18.1 Å². The molecule has 0 amide bonds. The number of anilines is 2. The lowest BCUT2D eigenvalue weighted by Gasteiger charge is -2.26. The van der Waals surface area contributed by atoms with Crippen LogP contribution in [0.25, 0.3) is 0 Å². The van der Waals surface area contributed by atoms with Crippen molar-refractivity contribution in [1.82, 2.24) is 0 Å². The predicted molar refractivity (Wildman–Crippen MR) is 90.5 cm³/mol. The van der Waals surface area contributed by atoms with Gasteiger partial charge in [0.05, 0.1) is 5.69 Å². The number of halogens is 1. The van der Waals surface area contributed by atoms with E-state index in [2.05, 4.69) is 64.1 Å². The first kappa shape index (κ1) is 15.4. The van der Waals surface area contributed by atoms with E-state index in [1.165, 1.54) is 5.56 Å². The van der Waals surface area contributed by atoms with Gasteiger partial charge in [-0.3, -0.25) is 0 Å². The number of rotatable bonds is 4. The Balaban J connectivity index is 2.56. The molecule has 21 heavy (non-hydrogen) atoms. The van der Waals surface area contributed by atoms with Gasteiger partial charge >= 0.3 is 0 Å². The van der Waals surface area contributed by atoms with E-state index in [1.54, 1.807) is 0 Å². The lowest BCUT2D eigenvalue weighted by atomic mass is 10.1. The molecule has 0 fully saturated rings. The van der Waals surface area contributed by atoms with Gasteiger partial charge in [-0.25, -0.2) is 0 Å². The van der Waals surface area contributed by atoms with Crippen LogP contribution in [-0.2, 0) is 0 Å². The molecule has 0 bridgehead atoms. The fraction of sp³-hybridized carbons (Fsp3) is 0.188. The highest BCUT2D eigenvalue weighted by atomic mass is 79.9. The Bertz CT molecular complexity index is 653. The molecule has 0 aliphatic rings. The van der Waals surface area contributed by atoms with Gasteiger partial charge in [-0.05, 0) is 44.2 Å². The second kappa shape index (κ2) is 6.63. The molecule has 2 rings (SSSR count). The summed E-state index contributed by atoms with van der Waals surface area (Å²) in [5.41, 5.74) is 9.66. The van der Waals surface area contributed by atoms with Gasteiger partial charge in [-0.15, -0.1) is 0 Å². The second-order valence-corrected chi connectivity index (χ2v) is 5.64. The van der Waals surface area contributed by atoms with Crippen molar-refractivity contribution in [3.63, 3.8) is 0 Å². The molecule has 2 aromatic rings. The minimum atomic E-state index is 0.100. The van der Waals surface area contributed by atoms with Crippen LogP contribution < -0.4 is 10.6 Å². The summed E-state index contributed by atoms with van der Waals surface area (Å²) in [5, 5.41) is 12.1. The number of hydrogen-bond donors (Lipinski definition) is 2. The summed E-state index contributed by atoms with van der Waals surface area (Å²) in [7, 11) is 0. The van der Waals surface area contributed by atoms with E-state index in [-0.39, 0.29) is 5.84 Å². The molecule has 0 atom stereocenters. The summed E-state index contributed by atoms with van der Waals surface area (Å²) < 4.78 is 0.942. The fourth-order valence-corrected chi connectivity index (χ4v) is 2.56. The van der Waals surface area contributed by atoms with Crippen molar-refractivity contribution < 1.29 is 5.21 Å². The number of nitrogens with two attached hydrogens (primary N) is 1. The van der Waals surface area contributed by atoms with E-state index in [9.17, 15) is 0 Å². The summed E-state index contributed by atoms with van der Waals surface area (Å²) >= 11 is 3.48. The third-order valence-electron chi connectivity index (χ3n) is 3.30. The van der Waals surface area contributed by atoms with Crippen LogP contribution in [0, 0.1) is 6.92 Å². The van der Waals surface area contributed by atoms with Crippen molar-refractivity contribution >= 4 is 33.1 Å². The highest BCUT2D eigenvalue weighted by Crippen LogP contribution is 2.31. The van der Waals surface area contributed by atoms with Crippen molar-refractivity contribution in [2.45, 2.75) is 13.8 Å². The number of aryl methyl sites for hydroxylation is 1.